The highest BCUT2D eigenvalue weighted by atomic mass is 16.2. The van der Waals surface area contributed by atoms with Gasteiger partial charge in [-0.15, -0.1) is 0 Å². The third kappa shape index (κ3) is 3.58. The molecule has 0 radical (unpaired) electrons. The summed E-state index contributed by atoms with van der Waals surface area (Å²) in [5.74, 6) is 0.0923. The van der Waals surface area contributed by atoms with Crippen molar-refractivity contribution in [3.63, 3.8) is 0 Å². The van der Waals surface area contributed by atoms with Crippen LogP contribution >= 0.6 is 0 Å². The van der Waals surface area contributed by atoms with Crippen LogP contribution in [0.1, 0.15) is 51.6 Å². The molecule has 2 aliphatic heterocycles. The van der Waals surface area contributed by atoms with Gasteiger partial charge in [-0.05, 0) is 37.4 Å². The van der Waals surface area contributed by atoms with Crippen molar-refractivity contribution in [2.24, 2.45) is 10.8 Å². The topological polar surface area (TPSA) is 95.1 Å². The van der Waals surface area contributed by atoms with Gasteiger partial charge >= 0.3 is 0 Å². The number of imide groups is 1. The predicted octanol–water partition coefficient (Wildman–Crippen LogP) is 2.32. The molecule has 2 fully saturated rings. The third-order valence-corrected chi connectivity index (χ3v) is 6.27. The van der Waals surface area contributed by atoms with Crippen LogP contribution in [0.2, 0.25) is 0 Å². The molecule has 8 nitrogen and oxygen atoms in total. The highest BCUT2D eigenvalue weighted by molar-refractivity contribution is 6.05. The Hall–Kier alpha value is -2.79. The summed E-state index contributed by atoms with van der Waals surface area (Å²) in [4.78, 5) is 36.8. The fraction of sp³-hybridized carbons (Fsp3) is 0.591. The number of carbonyl (C=O) groups excluding carboxylic acids is 2. The molecule has 158 valence electrons. The molecule has 0 atom stereocenters. The normalized spacial score (nSPS) is 19.8. The first-order valence-electron chi connectivity index (χ1n) is 10.4. The second kappa shape index (κ2) is 7.17. The van der Waals surface area contributed by atoms with Crippen LogP contribution < -0.4 is 0 Å². The zero-order valence-corrected chi connectivity index (χ0v) is 18.1. The van der Waals surface area contributed by atoms with Crippen molar-refractivity contribution in [1.29, 1.82) is 5.26 Å². The van der Waals surface area contributed by atoms with Crippen LogP contribution in [-0.4, -0.2) is 56.3 Å². The lowest BCUT2D eigenvalue weighted by Gasteiger charge is -2.37. The Morgan fingerprint density at radius 3 is 2.50 bits per heavy atom. The summed E-state index contributed by atoms with van der Waals surface area (Å²) in [5, 5.41) is 10.1. The van der Waals surface area contributed by atoms with Crippen molar-refractivity contribution < 1.29 is 9.59 Å². The molecule has 2 amide bonds. The number of fused-ring (bicyclic) bond motifs is 1. The zero-order valence-electron chi connectivity index (χ0n) is 18.1. The molecule has 8 heteroatoms. The Morgan fingerprint density at radius 1 is 1.23 bits per heavy atom. The second-order valence-corrected chi connectivity index (χ2v) is 9.86. The maximum absolute atomic E-state index is 12.6. The number of nitriles is 1. The van der Waals surface area contributed by atoms with E-state index in [1.807, 2.05) is 6.07 Å². The first-order chi connectivity index (χ1) is 14.1. The van der Waals surface area contributed by atoms with Gasteiger partial charge in [-0.1, -0.05) is 20.8 Å². The monoisotopic (exact) mass is 408 g/mol. The van der Waals surface area contributed by atoms with E-state index in [9.17, 15) is 14.9 Å². The molecule has 2 aromatic heterocycles. The molecule has 2 aliphatic rings. The SMILES string of the molecule is CN1C(=O)CC2(CCN(Cc3cc4cnc(C#N)nc4n3CC(C)(C)C)CC2)C1=O. The van der Waals surface area contributed by atoms with Crippen LogP contribution in [0.15, 0.2) is 12.3 Å². The molecule has 2 saturated heterocycles. The van der Waals surface area contributed by atoms with Crippen LogP contribution in [-0.2, 0) is 22.7 Å². The van der Waals surface area contributed by atoms with Gasteiger partial charge < -0.3 is 4.57 Å². The molecule has 0 aromatic carbocycles. The van der Waals surface area contributed by atoms with E-state index < -0.39 is 5.41 Å². The maximum atomic E-state index is 12.6. The van der Waals surface area contributed by atoms with Gasteiger partial charge in [0.2, 0.25) is 17.6 Å². The summed E-state index contributed by atoms with van der Waals surface area (Å²) in [6, 6.07) is 4.13. The van der Waals surface area contributed by atoms with Gasteiger partial charge in [0.05, 0.1) is 5.41 Å². The molecule has 0 N–H and O–H groups in total. The van der Waals surface area contributed by atoms with Crippen molar-refractivity contribution >= 4 is 22.8 Å². The average molecular weight is 409 g/mol. The fourth-order valence-electron chi connectivity index (χ4n) is 4.64. The number of nitrogens with zero attached hydrogens (tertiary/aromatic N) is 6. The Morgan fingerprint density at radius 2 is 1.93 bits per heavy atom. The molecule has 30 heavy (non-hydrogen) atoms. The number of rotatable bonds is 3. The minimum absolute atomic E-state index is 0.0201. The summed E-state index contributed by atoms with van der Waals surface area (Å²) in [6.45, 7) is 9.61. The van der Waals surface area contributed by atoms with Gasteiger partial charge in [0.25, 0.3) is 0 Å². The molecule has 0 bridgehead atoms. The minimum atomic E-state index is -0.506. The third-order valence-electron chi connectivity index (χ3n) is 6.27. The minimum Gasteiger partial charge on any atom is -0.328 e. The molecule has 4 rings (SSSR count). The van der Waals surface area contributed by atoms with Gasteiger partial charge in [0.15, 0.2) is 0 Å². The lowest BCUT2D eigenvalue weighted by molar-refractivity contribution is -0.141. The number of hydrogen-bond acceptors (Lipinski definition) is 6. The quantitative estimate of drug-likeness (QED) is 0.724. The predicted molar refractivity (Wildman–Crippen MR) is 111 cm³/mol. The van der Waals surface area contributed by atoms with E-state index in [4.69, 9.17) is 0 Å². The van der Waals surface area contributed by atoms with Crippen LogP contribution in [0.3, 0.4) is 0 Å². The largest absolute Gasteiger partial charge is 0.328 e. The Balaban J connectivity index is 1.57. The lowest BCUT2D eigenvalue weighted by Crippen LogP contribution is -2.44. The first kappa shape index (κ1) is 20.5. The van der Waals surface area contributed by atoms with E-state index in [1.54, 1.807) is 13.2 Å². The van der Waals surface area contributed by atoms with Gasteiger partial charge in [-0.2, -0.15) is 5.26 Å². The van der Waals surface area contributed by atoms with E-state index >= 15 is 0 Å². The highest BCUT2D eigenvalue weighted by Gasteiger charge is 2.51. The summed E-state index contributed by atoms with van der Waals surface area (Å²) in [7, 11) is 1.59. The number of piperidine rings is 1. The Labute approximate surface area is 176 Å². The molecule has 2 aromatic rings. The molecule has 0 saturated carbocycles. The maximum Gasteiger partial charge on any atom is 0.235 e. The second-order valence-electron chi connectivity index (χ2n) is 9.86. The van der Waals surface area contributed by atoms with Gasteiger partial charge in [0.1, 0.15) is 11.7 Å². The molecule has 1 spiro atoms. The fourth-order valence-corrected chi connectivity index (χ4v) is 4.64. The first-order valence-corrected chi connectivity index (χ1v) is 10.4. The molecule has 0 aliphatic carbocycles. The number of hydrogen-bond donors (Lipinski definition) is 0. The standard InChI is InChI=1S/C22H28N6O2/c1-21(2,3)14-28-16(9-15-12-24-17(11-23)25-19(15)28)13-27-7-5-22(6-8-27)10-18(29)26(4)20(22)30/h9,12H,5-8,10,13-14H2,1-4H3. The summed E-state index contributed by atoms with van der Waals surface area (Å²) in [6.07, 6.45) is 3.47. The summed E-state index contributed by atoms with van der Waals surface area (Å²) >= 11 is 0. The molecular weight excluding hydrogens is 380 g/mol. The number of likely N-dealkylation sites (tertiary alicyclic amines) is 2. The van der Waals surface area contributed by atoms with E-state index in [2.05, 4.69) is 46.3 Å². The van der Waals surface area contributed by atoms with Crippen molar-refractivity contribution in [2.75, 3.05) is 20.1 Å². The van der Waals surface area contributed by atoms with Crippen molar-refractivity contribution in [2.45, 2.75) is 53.1 Å². The van der Waals surface area contributed by atoms with Gasteiger partial charge in [-0.3, -0.25) is 19.4 Å². The zero-order chi connectivity index (χ0) is 21.7. The van der Waals surface area contributed by atoms with Crippen molar-refractivity contribution in [3.05, 3.63) is 23.8 Å². The summed E-state index contributed by atoms with van der Waals surface area (Å²) < 4.78 is 2.19. The summed E-state index contributed by atoms with van der Waals surface area (Å²) in [5.41, 5.74) is 1.46. The smallest absolute Gasteiger partial charge is 0.235 e. The number of carbonyl (C=O) groups is 2. The Bertz CT molecular complexity index is 1050. The van der Waals surface area contributed by atoms with Crippen molar-refractivity contribution in [1.82, 2.24) is 24.3 Å². The van der Waals surface area contributed by atoms with Crippen molar-refractivity contribution in [3.8, 4) is 6.07 Å². The van der Waals surface area contributed by atoms with Crippen LogP contribution in [0.4, 0.5) is 0 Å². The van der Waals surface area contributed by atoms with E-state index in [1.165, 1.54) is 4.90 Å². The average Bonchev–Trinajstić information content (AvgIpc) is 3.12. The highest BCUT2D eigenvalue weighted by Crippen LogP contribution is 2.42. The number of amides is 2. The molecular formula is C22H28N6O2. The van der Waals surface area contributed by atoms with Crippen LogP contribution in [0.25, 0.3) is 11.0 Å². The number of aromatic nitrogens is 3. The van der Waals surface area contributed by atoms with Gasteiger partial charge in [0, 0.05) is 43.8 Å². The van der Waals surface area contributed by atoms with E-state index in [0.29, 0.717) is 19.3 Å². The van der Waals surface area contributed by atoms with Crippen LogP contribution in [0.5, 0.6) is 0 Å². The molecule has 0 unspecified atom stereocenters. The lowest BCUT2D eigenvalue weighted by atomic mass is 9.77. The Kier molecular flexibility index (Phi) is 4.89. The van der Waals surface area contributed by atoms with Crippen LogP contribution in [0, 0.1) is 22.2 Å². The van der Waals surface area contributed by atoms with E-state index in [0.717, 1.165) is 42.9 Å². The van der Waals surface area contributed by atoms with E-state index in [-0.39, 0.29) is 23.1 Å². The van der Waals surface area contributed by atoms with Gasteiger partial charge in [-0.25, -0.2) is 9.97 Å². The molecule has 4 heterocycles.